The van der Waals surface area contributed by atoms with E-state index in [-0.39, 0.29) is 11.5 Å². The van der Waals surface area contributed by atoms with Crippen LogP contribution in [-0.4, -0.2) is 30.1 Å². The quantitative estimate of drug-likeness (QED) is 0.813. The summed E-state index contributed by atoms with van der Waals surface area (Å²) in [6, 6.07) is 12.8. The van der Waals surface area contributed by atoms with Crippen LogP contribution in [0.4, 0.5) is 0 Å². The van der Waals surface area contributed by atoms with Gasteiger partial charge in [-0.1, -0.05) is 24.3 Å². The van der Waals surface area contributed by atoms with Crippen LogP contribution in [0.3, 0.4) is 0 Å². The topological polar surface area (TPSA) is 75.6 Å². The van der Waals surface area contributed by atoms with Gasteiger partial charge >= 0.3 is 5.97 Å². The summed E-state index contributed by atoms with van der Waals surface area (Å²) in [6.45, 7) is 1.36. The number of amides is 1. The number of fused-ring (bicyclic) bond motifs is 1. The van der Waals surface area contributed by atoms with Gasteiger partial charge in [-0.05, 0) is 47.7 Å². The smallest absolute Gasteiger partial charge is 0.335 e. The fourth-order valence-corrected chi connectivity index (χ4v) is 2.90. The fourth-order valence-electron chi connectivity index (χ4n) is 2.90. The Morgan fingerprint density at radius 1 is 1.04 bits per heavy atom. The Morgan fingerprint density at radius 2 is 1.80 bits per heavy atom. The van der Waals surface area contributed by atoms with Gasteiger partial charge in [0.15, 0.2) is 0 Å². The highest BCUT2D eigenvalue weighted by Crippen LogP contribution is 2.25. The molecule has 2 aromatic carbocycles. The molecule has 3 rings (SSSR count). The molecule has 130 valence electrons. The van der Waals surface area contributed by atoms with Gasteiger partial charge in [0, 0.05) is 19.4 Å². The van der Waals surface area contributed by atoms with Crippen molar-refractivity contribution in [3.05, 3.63) is 64.7 Å². The molecule has 1 aliphatic heterocycles. The Balaban J connectivity index is 1.40. The molecular weight excluding hydrogens is 318 g/mol. The number of carboxylic acids is 1. The van der Waals surface area contributed by atoms with E-state index >= 15 is 0 Å². The molecule has 0 aromatic heterocycles. The average molecular weight is 339 g/mol. The zero-order chi connectivity index (χ0) is 17.6. The van der Waals surface area contributed by atoms with Crippen molar-refractivity contribution in [2.75, 3.05) is 13.2 Å². The molecule has 1 amide bonds. The van der Waals surface area contributed by atoms with Crippen molar-refractivity contribution in [2.45, 2.75) is 25.7 Å². The summed E-state index contributed by atoms with van der Waals surface area (Å²) < 4.78 is 5.49. The van der Waals surface area contributed by atoms with Crippen LogP contribution in [0.25, 0.3) is 0 Å². The van der Waals surface area contributed by atoms with Crippen LogP contribution in [0.1, 0.15) is 33.5 Å². The van der Waals surface area contributed by atoms with Gasteiger partial charge in [-0.15, -0.1) is 0 Å². The maximum atomic E-state index is 11.9. The number of aryl methyl sites for hydroxylation is 1. The normalized spacial score (nSPS) is 12.3. The summed E-state index contributed by atoms with van der Waals surface area (Å²) in [5.41, 5.74) is 3.66. The number of carboxylic acid groups (broad SMARTS) is 1. The summed E-state index contributed by atoms with van der Waals surface area (Å²) >= 11 is 0. The van der Waals surface area contributed by atoms with E-state index in [1.807, 2.05) is 12.1 Å². The van der Waals surface area contributed by atoms with Crippen molar-refractivity contribution in [2.24, 2.45) is 0 Å². The third-order valence-electron chi connectivity index (χ3n) is 4.33. The van der Waals surface area contributed by atoms with Gasteiger partial charge in [0.25, 0.3) is 0 Å². The predicted molar refractivity (Wildman–Crippen MR) is 94.1 cm³/mol. The Kier molecular flexibility index (Phi) is 5.33. The second-order valence-corrected chi connectivity index (χ2v) is 6.14. The second kappa shape index (κ2) is 7.83. The van der Waals surface area contributed by atoms with Gasteiger partial charge in [0.2, 0.25) is 5.91 Å². The molecule has 2 aromatic rings. The lowest BCUT2D eigenvalue weighted by Crippen LogP contribution is -2.25. The van der Waals surface area contributed by atoms with Crippen LogP contribution in [0.15, 0.2) is 42.5 Å². The first-order valence-electron chi connectivity index (χ1n) is 8.45. The first-order valence-corrected chi connectivity index (χ1v) is 8.45. The van der Waals surface area contributed by atoms with E-state index in [0.717, 1.165) is 30.8 Å². The first kappa shape index (κ1) is 17.0. The van der Waals surface area contributed by atoms with Gasteiger partial charge < -0.3 is 15.2 Å². The zero-order valence-corrected chi connectivity index (χ0v) is 14.0. The fraction of sp³-hybridized carbons (Fsp3) is 0.300. The molecule has 1 aliphatic rings. The van der Waals surface area contributed by atoms with E-state index < -0.39 is 5.97 Å². The zero-order valence-electron chi connectivity index (χ0n) is 14.0. The Labute approximate surface area is 146 Å². The lowest BCUT2D eigenvalue weighted by molar-refractivity contribution is -0.121. The predicted octanol–water partition coefficient (Wildman–Crippen LogP) is 2.61. The summed E-state index contributed by atoms with van der Waals surface area (Å²) in [4.78, 5) is 22.7. The summed E-state index contributed by atoms with van der Waals surface area (Å²) in [7, 11) is 0. The second-order valence-electron chi connectivity index (χ2n) is 6.14. The Bertz CT molecular complexity index is 768. The monoisotopic (exact) mass is 339 g/mol. The molecule has 0 aliphatic carbocycles. The number of carbonyl (C=O) groups excluding carboxylic acids is 1. The van der Waals surface area contributed by atoms with E-state index in [2.05, 4.69) is 11.4 Å². The molecule has 0 saturated carbocycles. The number of hydrogen-bond donors (Lipinski definition) is 2. The minimum Gasteiger partial charge on any atom is -0.493 e. The Hall–Kier alpha value is -2.82. The molecule has 5 nitrogen and oxygen atoms in total. The van der Waals surface area contributed by atoms with Crippen molar-refractivity contribution < 1.29 is 19.4 Å². The lowest BCUT2D eigenvalue weighted by Gasteiger charge is -2.07. The molecule has 0 unspecified atom stereocenters. The van der Waals surface area contributed by atoms with Gasteiger partial charge in [0.1, 0.15) is 5.75 Å². The molecule has 1 heterocycles. The number of benzene rings is 2. The van der Waals surface area contributed by atoms with Crippen molar-refractivity contribution in [3.63, 3.8) is 0 Å². The van der Waals surface area contributed by atoms with E-state index in [0.29, 0.717) is 19.4 Å². The SMILES string of the molecule is O=C(CCc1ccc(C(=O)O)cc1)NCCc1ccc2c(c1)CCO2. The number of hydrogen-bond acceptors (Lipinski definition) is 3. The first-order chi connectivity index (χ1) is 12.1. The third-order valence-corrected chi connectivity index (χ3v) is 4.33. The summed E-state index contributed by atoms with van der Waals surface area (Å²) in [5, 5.41) is 11.8. The molecule has 0 radical (unpaired) electrons. The molecule has 0 spiro atoms. The third kappa shape index (κ3) is 4.59. The minimum absolute atomic E-state index is 0.00630. The summed E-state index contributed by atoms with van der Waals surface area (Å²) in [6.07, 6.45) is 2.74. The van der Waals surface area contributed by atoms with Crippen LogP contribution in [0.2, 0.25) is 0 Å². The highest BCUT2D eigenvalue weighted by Gasteiger charge is 2.12. The van der Waals surface area contributed by atoms with Crippen molar-refractivity contribution in [1.82, 2.24) is 5.32 Å². The maximum absolute atomic E-state index is 11.9. The number of ether oxygens (including phenoxy) is 1. The van der Waals surface area contributed by atoms with E-state index in [1.54, 1.807) is 24.3 Å². The molecule has 25 heavy (non-hydrogen) atoms. The van der Waals surface area contributed by atoms with Crippen LogP contribution >= 0.6 is 0 Å². The van der Waals surface area contributed by atoms with Crippen LogP contribution in [0, 0.1) is 0 Å². The molecule has 0 fully saturated rings. The highest BCUT2D eigenvalue weighted by atomic mass is 16.5. The number of rotatable bonds is 7. The van der Waals surface area contributed by atoms with Gasteiger partial charge in [-0.25, -0.2) is 4.79 Å². The molecular formula is C20H21NO4. The van der Waals surface area contributed by atoms with Crippen LogP contribution in [0.5, 0.6) is 5.75 Å². The largest absolute Gasteiger partial charge is 0.493 e. The summed E-state index contributed by atoms with van der Waals surface area (Å²) in [5.74, 6) is 0.0379. The van der Waals surface area contributed by atoms with Gasteiger partial charge in [-0.3, -0.25) is 4.79 Å². The van der Waals surface area contributed by atoms with Crippen molar-refractivity contribution in [1.29, 1.82) is 0 Å². The van der Waals surface area contributed by atoms with Crippen LogP contribution < -0.4 is 10.1 Å². The standard InChI is InChI=1S/C20H21NO4/c22-19(8-4-14-1-5-16(6-2-14)20(23)24)21-11-9-15-3-7-18-17(13-15)10-12-25-18/h1-3,5-7,13H,4,8-12H2,(H,21,22)(H,23,24). The minimum atomic E-state index is -0.942. The van der Waals surface area contributed by atoms with Crippen molar-refractivity contribution >= 4 is 11.9 Å². The highest BCUT2D eigenvalue weighted by molar-refractivity contribution is 5.87. The van der Waals surface area contributed by atoms with Crippen LogP contribution in [-0.2, 0) is 24.1 Å². The molecule has 2 N–H and O–H groups in total. The van der Waals surface area contributed by atoms with Crippen molar-refractivity contribution in [3.8, 4) is 5.75 Å². The molecule has 5 heteroatoms. The van der Waals surface area contributed by atoms with Gasteiger partial charge in [-0.2, -0.15) is 0 Å². The number of aromatic carboxylic acids is 1. The Morgan fingerprint density at radius 3 is 2.56 bits per heavy atom. The van der Waals surface area contributed by atoms with Gasteiger partial charge in [0.05, 0.1) is 12.2 Å². The molecule has 0 saturated heterocycles. The average Bonchev–Trinajstić information content (AvgIpc) is 3.08. The lowest BCUT2D eigenvalue weighted by atomic mass is 10.1. The van der Waals surface area contributed by atoms with E-state index in [1.165, 1.54) is 11.1 Å². The van der Waals surface area contributed by atoms with E-state index in [9.17, 15) is 9.59 Å². The number of carbonyl (C=O) groups is 2. The maximum Gasteiger partial charge on any atom is 0.335 e. The molecule has 0 atom stereocenters. The number of nitrogens with one attached hydrogen (secondary N) is 1. The molecule has 0 bridgehead atoms. The van der Waals surface area contributed by atoms with E-state index in [4.69, 9.17) is 9.84 Å².